The summed E-state index contributed by atoms with van der Waals surface area (Å²) in [7, 11) is 0. The van der Waals surface area contributed by atoms with Crippen LogP contribution in [0.5, 0.6) is 0 Å². The average molecular weight is 440 g/mol. The zero-order valence-corrected chi connectivity index (χ0v) is 17.7. The van der Waals surface area contributed by atoms with Crippen molar-refractivity contribution in [3.05, 3.63) is 0 Å². The molecule has 0 saturated carbocycles. The molecule has 3 heteroatoms. The molecule has 0 amide bonds. The van der Waals surface area contributed by atoms with Crippen LogP contribution in [0.25, 0.3) is 0 Å². The summed E-state index contributed by atoms with van der Waals surface area (Å²) in [5.41, 5.74) is 0. The van der Waals surface area contributed by atoms with Crippen LogP contribution in [0, 0.1) is 5.92 Å². The van der Waals surface area contributed by atoms with Crippen LogP contribution in [-0.2, 0) is 4.74 Å². The number of unbranched alkanes of at least 4 members (excludes halogenated alkanes) is 13. The number of rotatable bonds is 19. The maximum absolute atomic E-state index is 9.07. The molecule has 0 aliphatic heterocycles. The Morgan fingerprint density at radius 2 is 1.17 bits per heavy atom. The average Bonchev–Trinajstić information content (AvgIpc) is 2.58. The first-order valence-corrected chi connectivity index (χ1v) is 11.6. The van der Waals surface area contributed by atoms with Gasteiger partial charge in [0.25, 0.3) is 0 Å². The van der Waals surface area contributed by atoms with Gasteiger partial charge >= 0.3 is 0 Å². The third-order valence-corrected chi connectivity index (χ3v) is 5.72. The summed E-state index contributed by atoms with van der Waals surface area (Å²) in [6, 6.07) is 0. The summed E-state index contributed by atoms with van der Waals surface area (Å²) in [5.74, 6) is 0.322. The Bertz CT molecular complexity index is 208. The van der Waals surface area contributed by atoms with Crippen LogP contribution in [0.3, 0.4) is 0 Å². The van der Waals surface area contributed by atoms with Crippen molar-refractivity contribution in [1.29, 1.82) is 0 Å². The third-order valence-electron chi connectivity index (χ3n) is 4.47. The topological polar surface area (TPSA) is 29.5 Å². The monoisotopic (exact) mass is 440 g/mol. The summed E-state index contributed by atoms with van der Waals surface area (Å²) < 4.78 is 6.60. The Kier molecular flexibility index (Phi) is 21.3. The smallest absolute Gasteiger partial charge is 0.0523 e. The first-order valence-electron chi connectivity index (χ1n) is 10.1. The zero-order valence-electron chi connectivity index (χ0n) is 15.5. The van der Waals surface area contributed by atoms with Gasteiger partial charge in [0.05, 0.1) is 6.61 Å². The second-order valence-corrected chi connectivity index (χ2v) is 7.75. The molecule has 0 fully saturated rings. The summed E-state index contributed by atoms with van der Waals surface area (Å²) in [4.78, 5) is 0. The van der Waals surface area contributed by atoms with Gasteiger partial charge < -0.3 is 9.84 Å². The van der Waals surface area contributed by atoms with Gasteiger partial charge in [-0.3, -0.25) is 0 Å². The maximum atomic E-state index is 9.07. The van der Waals surface area contributed by atoms with Gasteiger partial charge in [0, 0.05) is 23.6 Å². The van der Waals surface area contributed by atoms with E-state index in [0.29, 0.717) is 5.92 Å². The molecule has 0 aliphatic rings. The molecule has 0 unspecified atom stereocenters. The van der Waals surface area contributed by atoms with Crippen LogP contribution in [-0.4, -0.2) is 29.4 Å². The molecule has 1 atom stereocenters. The van der Waals surface area contributed by atoms with Crippen molar-refractivity contribution in [3.63, 3.8) is 0 Å². The fraction of sp³-hybridized carbons (Fsp3) is 1.00. The van der Waals surface area contributed by atoms with E-state index in [2.05, 4.69) is 29.5 Å². The Morgan fingerprint density at radius 3 is 1.57 bits per heavy atom. The van der Waals surface area contributed by atoms with Gasteiger partial charge in [0.1, 0.15) is 0 Å². The van der Waals surface area contributed by atoms with Gasteiger partial charge in [0.2, 0.25) is 0 Å². The Balaban J connectivity index is 3.02. The van der Waals surface area contributed by atoms with E-state index in [1.165, 1.54) is 89.9 Å². The van der Waals surface area contributed by atoms with Crippen LogP contribution < -0.4 is 0 Å². The van der Waals surface area contributed by atoms with E-state index in [1.54, 1.807) is 0 Å². The van der Waals surface area contributed by atoms with Crippen molar-refractivity contribution < 1.29 is 9.84 Å². The molecule has 0 saturated heterocycles. The molecule has 1 N–H and O–H groups in total. The Morgan fingerprint density at radius 1 is 0.739 bits per heavy atom. The fourth-order valence-electron chi connectivity index (χ4n) is 2.79. The Labute approximate surface area is 159 Å². The second-order valence-electron chi connectivity index (χ2n) is 6.87. The van der Waals surface area contributed by atoms with Crippen molar-refractivity contribution >= 4 is 22.6 Å². The van der Waals surface area contributed by atoms with Crippen LogP contribution in [0.15, 0.2) is 0 Å². The summed E-state index contributed by atoms with van der Waals surface area (Å²) >= 11 is 2.31. The molecule has 0 heterocycles. The number of alkyl halides is 1. The predicted molar refractivity (Wildman–Crippen MR) is 111 cm³/mol. The minimum atomic E-state index is 0.252. The molecule has 0 aromatic carbocycles. The van der Waals surface area contributed by atoms with E-state index >= 15 is 0 Å². The lowest BCUT2D eigenvalue weighted by molar-refractivity contribution is 0.0801. The highest BCUT2D eigenvalue weighted by Crippen LogP contribution is 2.13. The summed E-state index contributed by atoms with van der Waals surface area (Å²) in [5, 5.41) is 9.07. The van der Waals surface area contributed by atoms with Crippen LogP contribution in [0.1, 0.15) is 96.8 Å². The molecular formula is C20H41IO2. The number of aliphatic hydroxyl groups excluding tert-OH is 1. The quantitative estimate of drug-likeness (QED) is 0.141. The number of ether oxygens (including phenoxy) is 1. The molecule has 0 spiro atoms. The number of hydrogen-bond donors (Lipinski definition) is 1. The first-order chi connectivity index (χ1) is 11.3. The molecule has 2 nitrogen and oxygen atoms in total. The minimum absolute atomic E-state index is 0.252. The van der Waals surface area contributed by atoms with Crippen molar-refractivity contribution in [2.24, 2.45) is 5.92 Å². The fourth-order valence-corrected chi connectivity index (χ4v) is 3.33. The summed E-state index contributed by atoms with van der Waals surface area (Å²) in [6.07, 6.45) is 19.5. The molecule has 0 aromatic heterocycles. The third kappa shape index (κ3) is 18.8. The largest absolute Gasteiger partial charge is 0.396 e. The molecule has 0 rings (SSSR count). The maximum Gasteiger partial charge on any atom is 0.0523 e. The normalized spacial score (nSPS) is 12.7. The minimum Gasteiger partial charge on any atom is -0.396 e. The SMILES string of the molecule is CCCCCCCCCCCCCCCCOC[C@@H](CO)CI. The van der Waals surface area contributed by atoms with Crippen molar-refractivity contribution in [2.75, 3.05) is 24.2 Å². The Hall–Kier alpha value is 0.650. The molecule has 0 radical (unpaired) electrons. The van der Waals surface area contributed by atoms with Gasteiger partial charge in [0.15, 0.2) is 0 Å². The van der Waals surface area contributed by atoms with Crippen molar-refractivity contribution in [2.45, 2.75) is 96.8 Å². The second kappa shape index (κ2) is 20.7. The van der Waals surface area contributed by atoms with Gasteiger partial charge in [-0.2, -0.15) is 0 Å². The highest BCUT2D eigenvalue weighted by Gasteiger charge is 2.04. The molecular weight excluding hydrogens is 399 g/mol. The van der Waals surface area contributed by atoms with E-state index < -0.39 is 0 Å². The van der Waals surface area contributed by atoms with Gasteiger partial charge in [-0.1, -0.05) is 113 Å². The van der Waals surface area contributed by atoms with Crippen molar-refractivity contribution in [3.8, 4) is 0 Å². The van der Waals surface area contributed by atoms with Gasteiger partial charge in [-0.15, -0.1) is 0 Å². The highest BCUT2D eigenvalue weighted by atomic mass is 127. The standard InChI is InChI=1S/C20H41IO2/c1-2-3-4-5-6-7-8-9-10-11-12-13-14-15-16-23-19-20(17-21)18-22/h20,22H,2-19H2,1H3/t20-/m1/s1. The van der Waals surface area contributed by atoms with E-state index in [-0.39, 0.29) is 6.61 Å². The lowest BCUT2D eigenvalue weighted by Gasteiger charge is -2.11. The van der Waals surface area contributed by atoms with Crippen LogP contribution in [0.2, 0.25) is 0 Å². The molecule has 0 aromatic rings. The first kappa shape index (κ1) is 23.6. The van der Waals surface area contributed by atoms with Crippen LogP contribution >= 0.6 is 22.6 Å². The summed E-state index contributed by atoms with van der Waals surface area (Å²) in [6.45, 7) is 4.12. The van der Waals surface area contributed by atoms with Gasteiger partial charge in [-0.25, -0.2) is 0 Å². The van der Waals surface area contributed by atoms with E-state index in [9.17, 15) is 0 Å². The lowest BCUT2D eigenvalue weighted by atomic mass is 10.0. The van der Waals surface area contributed by atoms with Gasteiger partial charge in [-0.05, 0) is 6.42 Å². The van der Waals surface area contributed by atoms with Crippen LogP contribution in [0.4, 0.5) is 0 Å². The van der Waals surface area contributed by atoms with E-state index in [1.807, 2.05) is 0 Å². The van der Waals surface area contributed by atoms with E-state index in [0.717, 1.165) is 17.6 Å². The molecule has 0 bridgehead atoms. The highest BCUT2D eigenvalue weighted by molar-refractivity contribution is 14.1. The van der Waals surface area contributed by atoms with E-state index in [4.69, 9.17) is 9.84 Å². The molecule has 0 aliphatic carbocycles. The predicted octanol–water partition coefficient (Wildman–Crippen LogP) is 6.53. The number of aliphatic hydroxyl groups is 1. The molecule has 23 heavy (non-hydrogen) atoms. The zero-order chi connectivity index (χ0) is 17.0. The lowest BCUT2D eigenvalue weighted by Crippen LogP contribution is -2.15. The van der Waals surface area contributed by atoms with Crippen molar-refractivity contribution in [1.82, 2.24) is 0 Å². The molecule has 140 valence electrons. The number of hydrogen-bond acceptors (Lipinski definition) is 2. The number of halogens is 1.